The molecule has 0 aliphatic heterocycles. The minimum atomic E-state index is -0.867. The number of aliphatic hydroxyl groups is 1. The Morgan fingerprint density at radius 2 is 2.29 bits per heavy atom. The summed E-state index contributed by atoms with van der Waals surface area (Å²) in [6, 6.07) is 3.62. The van der Waals surface area contributed by atoms with E-state index in [9.17, 15) is 14.5 Å². The van der Waals surface area contributed by atoms with Gasteiger partial charge in [0.05, 0.1) is 11.0 Å². The average Bonchev–Trinajstić information content (AvgIpc) is 2.01. The van der Waals surface area contributed by atoms with Gasteiger partial charge in [-0.05, 0) is 25.0 Å². The number of benzene rings is 1. The van der Waals surface area contributed by atoms with Crippen LogP contribution in [0.1, 0.15) is 12.5 Å². The van der Waals surface area contributed by atoms with Gasteiger partial charge in [0.15, 0.2) is 0 Å². The molecule has 0 fully saturated rings. The van der Waals surface area contributed by atoms with E-state index in [0.717, 1.165) is 12.1 Å². The molecule has 0 spiro atoms. The largest absolute Gasteiger partial charge is 0.393 e. The number of nitrogens with zero attached hydrogens (tertiary/aromatic N) is 1. The molecule has 76 valence electrons. The molecule has 1 unspecified atom stereocenters. The highest BCUT2D eigenvalue weighted by atomic mass is 19.1. The molecular weight excluding hydrogens is 189 g/mol. The van der Waals surface area contributed by atoms with Crippen LogP contribution in [0.5, 0.6) is 0 Å². The lowest BCUT2D eigenvalue weighted by Crippen LogP contribution is -2.04. The predicted octanol–water partition coefficient (Wildman–Crippen LogP) is 1.66. The van der Waals surface area contributed by atoms with Gasteiger partial charge in [-0.2, -0.15) is 4.39 Å². The molecule has 1 N–H and O–H groups in total. The normalized spacial score (nSPS) is 12.5. The van der Waals surface area contributed by atoms with E-state index in [1.54, 1.807) is 6.92 Å². The number of hydrogen-bond donors (Lipinski definition) is 1. The van der Waals surface area contributed by atoms with Crippen LogP contribution in [0.25, 0.3) is 0 Å². The Hall–Kier alpha value is -1.49. The molecule has 0 bridgehead atoms. The molecule has 5 heteroatoms. The van der Waals surface area contributed by atoms with E-state index in [1.807, 2.05) is 0 Å². The highest BCUT2D eigenvalue weighted by molar-refractivity contribution is 5.35. The highest BCUT2D eigenvalue weighted by Gasteiger charge is 2.13. The van der Waals surface area contributed by atoms with Crippen LogP contribution >= 0.6 is 0 Å². The molecule has 1 aromatic rings. The number of rotatable bonds is 3. The molecule has 0 amide bonds. The summed E-state index contributed by atoms with van der Waals surface area (Å²) in [6.45, 7) is 1.57. The Balaban J connectivity index is 2.94. The lowest BCUT2D eigenvalue weighted by atomic mass is 10.1. The summed E-state index contributed by atoms with van der Waals surface area (Å²) in [5.41, 5.74) is 0.00226. The van der Waals surface area contributed by atoms with Crippen molar-refractivity contribution in [3.05, 3.63) is 39.7 Å². The van der Waals surface area contributed by atoms with Crippen molar-refractivity contribution < 1.29 is 14.4 Å². The number of hydrogen-bond acceptors (Lipinski definition) is 3. The third-order valence-electron chi connectivity index (χ3n) is 1.74. The van der Waals surface area contributed by atoms with Crippen molar-refractivity contribution in [1.82, 2.24) is 0 Å². The van der Waals surface area contributed by atoms with Crippen LogP contribution in [0.15, 0.2) is 18.2 Å². The number of halogens is 1. The Kier molecular flexibility index (Phi) is 3.14. The first-order valence-electron chi connectivity index (χ1n) is 4.11. The maximum Gasteiger partial charge on any atom is 0.304 e. The summed E-state index contributed by atoms with van der Waals surface area (Å²) in [5, 5.41) is 19.3. The second kappa shape index (κ2) is 4.15. The Morgan fingerprint density at radius 1 is 1.64 bits per heavy atom. The zero-order chi connectivity index (χ0) is 10.7. The van der Waals surface area contributed by atoms with Gasteiger partial charge in [-0.15, -0.1) is 0 Å². The number of nitro benzene ring substituents is 1. The van der Waals surface area contributed by atoms with Crippen LogP contribution in [-0.4, -0.2) is 16.1 Å². The second-order valence-electron chi connectivity index (χ2n) is 3.10. The minimum absolute atomic E-state index is 0.287. The van der Waals surface area contributed by atoms with Gasteiger partial charge < -0.3 is 5.11 Å². The van der Waals surface area contributed by atoms with Gasteiger partial charge >= 0.3 is 5.69 Å². The topological polar surface area (TPSA) is 63.4 Å². The first-order valence-corrected chi connectivity index (χ1v) is 4.11. The van der Waals surface area contributed by atoms with Crippen LogP contribution in [0.3, 0.4) is 0 Å². The van der Waals surface area contributed by atoms with Gasteiger partial charge in [0.25, 0.3) is 0 Å². The molecule has 0 aliphatic carbocycles. The molecule has 0 radical (unpaired) electrons. The molecule has 0 aliphatic rings. The Morgan fingerprint density at radius 3 is 2.71 bits per heavy atom. The molecule has 14 heavy (non-hydrogen) atoms. The Labute approximate surface area is 80.1 Å². The zero-order valence-corrected chi connectivity index (χ0v) is 7.61. The lowest BCUT2D eigenvalue weighted by Gasteiger charge is -2.03. The van der Waals surface area contributed by atoms with Crippen molar-refractivity contribution in [3.63, 3.8) is 0 Å². The highest BCUT2D eigenvalue weighted by Crippen LogP contribution is 2.18. The van der Waals surface area contributed by atoms with Crippen LogP contribution in [-0.2, 0) is 6.42 Å². The first-order chi connectivity index (χ1) is 6.50. The molecule has 1 rings (SSSR count). The van der Waals surface area contributed by atoms with Crippen molar-refractivity contribution >= 4 is 5.69 Å². The van der Waals surface area contributed by atoms with E-state index < -0.39 is 22.5 Å². The molecule has 1 atom stereocenters. The van der Waals surface area contributed by atoms with E-state index in [1.165, 1.54) is 6.07 Å². The molecular formula is C9H10FNO3. The Bertz CT molecular complexity index is 352. The quantitative estimate of drug-likeness (QED) is 0.594. The maximum absolute atomic E-state index is 13.0. The van der Waals surface area contributed by atoms with Gasteiger partial charge in [0, 0.05) is 6.07 Å². The predicted molar refractivity (Wildman–Crippen MR) is 48.4 cm³/mol. The van der Waals surface area contributed by atoms with E-state index in [-0.39, 0.29) is 6.42 Å². The monoisotopic (exact) mass is 199 g/mol. The standard InChI is InChI=1S/C9H10FNO3/c1-6(12)4-7-2-3-9(11(13)14)8(10)5-7/h2-3,5-6,12H,4H2,1H3. The molecule has 0 aromatic heterocycles. The van der Waals surface area contributed by atoms with Crippen molar-refractivity contribution in [3.8, 4) is 0 Å². The summed E-state index contributed by atoms with van der Waals surface area (Å²) in [6.07, 6.45) is -0.301. The molecule has 0 saturated heterocycles. The third-order valence-corrected chi connectivity index (χ3v) is 1.74. The first kappa shape index (κ1) is 10.6. The summed E-state index contributed by atoms with van der Waals surface area (Å²) in [7, 11) is 0. The van der Waals surface area contributed by atoms with Crippen molar-refractivity contribution in [2.75, 3.05) is 0 Å². The summed E-state index contributed by atoms with van der Waals surface area (Å²) in [5.74, 6) is -0.867. The lowest BCUT2D eigenvalue weighted by molar-refractivity contribution is -0.387. The molecule has 1 aromatic carbocycles. The average molecular weight is 199 g/mol. The van der Waals surface area contributed by atoms with Gasteiger partial charge in [-0.1, -0.05) is 6.07 Å². The fraction of sp³-hybridized carbons (Fsp3) is 0.333. The van der Waals surface area contributed by atoms with Crippen molar-refractivity contribution in [2.45, 2.75) is 19.4 Å². The molecule has 0 saturated carbocycles. The second-order valence-corrected chi connectivity index (χ2v) is 3.10. The van der Waals surface area contributed by atoms with Crippen LogP contribution in [0.2, 0.25) is 0 Å². The van der Waals surface area contributed by atoms with E-state index in [2.05, 4.69) is 0 Å². The number of nitro groups is 1. The van der Waals surface area contributed by atoms with Gasteiger partial charge in [0.1, 0.15) is 0 Å². The molecule has 0 heterocycles. The molecule has 4 nitrogen and oxygen atoms in total. The van der Waals surface area contributed by atoms with Gasteiger partial charge in [-0.25, -0.2) is 0 Å². The van der Waals surface area contributed by atoms with Crippen LogP contribution in [0, 0.1) is 15.9 Å². The zero-order valence-electron chi connectivity index (χ0n) is 7.61. The minimum Gasteiger partial charge on any atom is -0.393 e. The summed E-state index contributed by atoms with van der Waals surface area (Å²) < 4.78 is 13.0. The maximum atomic E-state index is 13.0. The smallest absolute Gasteiger partial charge is 0.304 e. The van der Waals surface area contributed by atoms with E-state index in [0.29, 0.717) is 5.56 Å². The summed E-state index contributed by atoms with van der Waals surface area (Å²) >= 11 is 0. The van der Waals surface area contributed by atoms with E-state index in [4.69, 9.17) is 5.11 Å². The van der Waals surface area contributed by atoms with Crippen LogP contribution < -0.4 is 0 Å². The van der Waals surface area contributed by atoms with Crippen molar-refractivity contribution in [1.29, 1.82) is 0 Å². The number of aliphatic hydroxyl groups excluding tert-OH is 1. The third kappa shape index (κ3) is 2.50. The van der Waals surface area contributed by atoms with Gasteiger partial charge in [0.2, 0.25) is 5.82 Å². The van der Waals surface area contributed by atoms with Crippen LogP contribution in [0.4, 0.5) is 10.1 Å². The SMILES string of the molecule is CC(O)Cc1ccc([N+](=O)[O-])c(F)c1. The van der Waals surface area contributed by atoms with E-state index >= 15 is 0 Å². The fourth-order valence-electron chi connectivity index (χ4n) is 1.17. The fourth-order valence-corrected chi connectivity index (χ4v) is 1.17. The summed E-state index contributed by atoms with van der Waals surface area (Å²) in [4.78, 5) is 9.50. The van der Waals surface area contributed by atoms with Gasteiger partial charge in [-0.3, -0.25) is 10.1 Å². The van der Waals surface area contributed by atoms with Crippen molar-refractivity contribution in [2.24, 2.45) is 0 Å².